The zero-order valence-electron chi connectivity index (χ0n) is 16.1. The maximum absolute atomic E-state index is 13.2. The summed E-state index contributed by atoms with van der Waals surface area (Å²) in [5.41, 5.74) is 5.25. The molecule has 0 N–H and O–H groups in total. The lowest BCUT2D eigenvalue weighted by atomic mass is 9.54. The van der Waals surface area contributed by atoms with E-state index in [-0.39, 0.29) is 41.7 Å². The standard InChI is InChI=1S/C22H30O3/c1-11(2)9-18-20-12(3)7-8-16-13(4)19(25-15(6)23)10-17(21(16)20)14(5)22(18)24/h9,13-14,17-20H,3,7-8,10H2,1-2,4-6H3/t13-,14-,17-,18?,19+,20+/m0/s1. The van der Waals surface area contributed by atoms with Gasteiger partial charge in [-0.05, 0) is 39.0 Å². The normalized spacial score (nSPS) is 37.5. The van der Waals surface area contributed by atoms with Crippen molar-refractivity contribution in [2.45, 2.75) is 60.0 Å². The van der Waals surface area contributed by atoms with Crippen LogP contribution in [0.1, 0.15) is 53.9 Å². The monoisotopic (exact) mass is 342 g/mol. The summed E-state index contributed by atoms with van der Waals surface area (Å²) in [7, 11) is 0. The van der Waals surface area contributed by atoms with Gasteiger partial charge in [0.25, 0.3) is 0 Å². The third-order valence-electron chi connectivity index (χ3n) is 6.42. The number of rotatable bonds is 2. The van der Waals surface area contributed by atoms with E-state index in [4.69, 9.17) is 4.74 Å². The Morgan fingerprint density at radius 1 is 1.16 bits per heavy atom. The van der Waals surface area contributed by atoms with Crippen LogP contribution in [0.25, 0.3) is 0 Å². The average Bonchev–Trinajstić information content (AvgIpc) is 2.52. The minimum atomic E-state index is -0.227. The molecule has 0 bridgehead atoms. The van der Waals surface area contributed by atoms with Crippen LogP contribution in [0.5, 0.6) is 0 Å². The number of carbonyl (C=O) groups is 2. The molecule has 0 aromatic rings. The fourth-order valence-corrected chi connectivity index (χ4v) is 5.27. The lowest BCUT2D eigenvalue weighted by Gasteiger charge is -2.50. The smallest absolute Gasteiger partial charge is 0.302 e. The molecule has 3 heteroatoms. The number of hydrogen-bond acceptors (Lipinski definition) is 3. The molecule has 0 aromatic heterocycles. The molecular weight excluding hydrogens is 312 g/mol. The van der Waals surface area contributed by atoms with E-state index in [1.54, 1.807) is 0 Å². The van der Waals surface area contributed by atoms with Gasteiger partial charge in [0.2, 0.25) is 0 Å². The van der Waals surface area contributed by atoms with Gasteiger partial charge in [0.05, 0.1) is 0 Å². The van der Waals surface area contributed by atoms with Crippen LogP contribution in [0.15, 0.2) is 34.9 Å². The Labute approximate surface area is 151 Å². The van der Waals surface area contributed by atoms with Crippen LogP contribution in [0, 0.1) is 29.6 Å². The van der Waals surface area contributed by atoms with Crippen molar-refractivity contribution in [1.82, 2.24) is 0 Å². The van der Waals surface area contributed by atoms with E-state index < -0.39 is 0 Å². The molecule has 1 fully saturated rings. The Hall–Kier alpha value is -1.64. The van der Waals surface area contributed by atoms with Gasteiger partial charge in [-0.3, -0.25) is 9.59 Å². The number of carbonyl (C=O) groups excluding carboxylic acids is 2. The molecular formula is C22H30O3. The number of ketones is 1. The van der Waals surface area contributed by atoms with E-state index >= 15 is 0 Å². The first-order valence-electron chi connectivity index (χ1n) is 9.48. The van der Waals surface area contributed by atoms with Gasteiger partial charge in [-0.15, -0.1) is 0 Å². The molecule has 0 spiro atoms. The van der Waals surface area contributed by atoms with Crippen LogP contribution in [0.3, 0.4) is 0 Å². The Kier molecular flexibility index (Phi) is 4.78. The third-order valence-corrected chi connectivity index (χ3v) is 6.42. The largest absolute Gasteiger partial charge is 0.462 e. The predicted octanol–water partition coefficient (Wildman–Crippen LogP) is 4.64. The zero-order chi connectivity index (χ0) is 18.5. The number of hydrogen-bond donors (Lipinski definition) is 0. The Bertz CT molecular complexity index is 677. The van der Waals surface area contributed by atoms with Crippen molar-refractivity contribution in [3.63, 3.8) is 0 Å². The molecule has 0 heterocycles. The number of allylic oxidation sites excluding steroid dienone is 4. The molecule has 1 saturated carbocycles. The third kappa shape index (κ3) is 3.02. The van der Waals surface area contributed by atoms with E-state index in [9.17, 15) is 9.59 Å². The van der Waals surface area contributed by atoms with Gasteiger partial charge in [-0.2, -0.15) is 0 Å². The van der Waals surface area contributed by atoms with Crippen LogP contribution in [0.2, 0.25) is 0 Å². The topological polar surface area (TPSA) is 43.4 Å². The second-order valence-corrected chi connectivity index (χ2v) is 8.36. The van der Waals surface area contributed by atoms with Gasteiger partial charge in [0.15, 0.2) is 0 Å². The molecule has 0 saturated heterocycles. The SMILES string of the molecule is C=C1CCC2=C3[C@H]1C(C=C(C)C)C(=O)[C@@H](C)[C@@H]3C[C@@H](OC(C)=O)[C@H]2C. The molecule has 1 unspecified atom stereocenters. The van der Waals surface area contributed by atoms with E-state index in [0.29, 0.717) is 5.78 Å². The van der Waals surface area contributed by atoms with Crippen LogP contribution in [-0.4, -0.2) is 17.9 Å². The first-order valence-corrected chi connectivity index (χ1v) is 9.48. The molecule has 3 rings (SSSR count). The number of ether oxygens (including phenoxy) is 1. The maximum atomic E-state index is 13.2. The predicted molar refractivity (Wildman–Crippen MR) is 98.8 cm³/mol. The van der Waals surface area contributed by atoms with Gasteiger partial charge in [0.1, 0.15) is 11.9 Å². The Morgan fingerprint density at radius 3 is 2.44 bits per heavy atom. The molecule has 6 atom stereocenters. The highest BCUT2D eigenvalue weighted by molar-refractivity contribution is 5.88. The van der Waals surface area contributed by atoms with Crippen molar-refractivity contribution in [2.75, 3.05) is 0 Å². The summed E-state index contributed by atoms with van der Waals surface area (Å²) >= 11 is 0. The molecule has 0 radical (unpaired) electrons. The van der Waals surface area contributed by atoms with Crippen LogP contribution >= 0.6 is 0 Å². The molecule has 25 heavy (non-hydrogen) atoms. The molecule has 0 aliphatic heterocycles. The lowest BCUT2D eigenvalue weighted by molar-refractivity contribution is -0.150. The molecule has 136 valence electrons. The summed E-state index contributed by atoms with van der Waals surface area (Å²) < 4.78 is 5.63. The first kappa shape index (κ1) is 18.2. The van der Waals surface area contributed by atoms with Crippen molar-refractivity contribution < 1.29 is 14.3 Å². The number of esters is 1. The Morgan fingerprint density at radius 2 is 1.84 bits per heavy atom. The molecule has 3 aliphatic rings. The van der Waals surface area contributed by atoms with Crippen molar-refractivity contribution in [3.05, 3.63) is 34.9 Å². The lowest BCUT2D eigenvalue weighted by Crippen LogP contribution is -2.48. The summed E-state index contributed by atoms with van der Waals surface area (Å²) in [6, 6.07) is 0. The van der Waals surface area contributed by atoms with Gasteiger partial charge in [-0.25, -0.2) is 0 Å². The maximum Gasteiger partial charge on any atom is 0.302 e. The molecule has 3 aliphatic carbocycles. The van der Waals surface area contributed by atoms with Gasteiger partial charge < -0.3 is 4.74 Å². The van der Waals surface area contributed by atoms with Crippen molar-refractivity contribution in [2.24, 2.45) is 29.6 Å². The van der Waals surface area contributed by atoms with E-state index in [1.165, 1.54) is 29.2 Å². The zero-order valence-corrected chi connectivity index (χ0v) is 16.1. The van der Waals surface area contributed by atoms with Gasteiger partial charge >= 0.3 is 5.97 Å². The fraction of sp³-hybridized carbons (Fsp3) is 0.636. The minimum absolute atomic E-state index is 0.0293. The van der Waals surface area contributed by atoms with Crippen molar-refractivity contribution >= 4 is 11.8 Å². The summed E-state index contributed by atoms with van der Waals surface area (Å²) in [4.78, 5) is 24.7. The second kappa shape index (κ2) is 6.59. The van der Waals surface area contributed by atoms with E-state index in [2.05, 4.69) is 40.3 Å². The van der Waals surface area contributed by atoms with Crippen molar-refractivity contribution in [3.8, 4) is 0 Å². The van der Waals surface area contributed by atoms with Crippen LogP contribution in [-0.2, 0) is 14.3 Å². The highest BCUT2D eigenvalue weighted by atomic mass is 16.5. The quantitative estimate of drug-likeness (QED) is 0.542. The number of Topliss-reactive ketones (excluding diaryl/α,β-unsaturated/α-hetero) is 1. The fourth-order valence-electron chi connectivity index (χ4n) is 5.27. The van der Waals surface area contributed by atoms with Crippen molar-refractivity contribution in [1.29, 1.82) is 0 Å². The second-order valence-electron chi connectivity index (χ2n) is 8.36. The molecule has 3 nitrogen and oxygen atoms in total. The van der Waals surface area contributed by atoms with Crippen LogP contribution in [0.4, 0.5) is 0 Å². The molecule has 0 amide bonds. The highest BCUT2D eigenvalue weighted by Gasteiger charge is 2.51. The van der Waals surface area contributed by atoms with Gasteiger partial charge in [0, 0.05) is 30.6 Å². The first-order chi connectivity index (χ1) is 11.7. The van der Waals surface area contributed by atoms with Gasteiger partial charge in [-0.1, -0.05) is 48.8 Å². The summed E-state index contributed by atoms with van der Waals surface area (Å²) in [6.07, 6.45) is 4.72. The highest BCUT2D eigenvalue weighted by Crippen LogP contribution is 2.55. The summed E-state index contributed by atoms with van der Waals surface area (Å²) in [5, 5.41) is 0. The summed E-state index contributed by atoms with van der Waals surface area (Å²) in [6.45, 7) is 14.2. The van der Waals surface area contributed by atoms with Crippen LogP contribution < -0.4 is 0 Å². The van der Waals surface area contributed by atoms with E-state index in [1.807, 2.05) is 0 Å². The Balaban J connectivity index is 2.11. The molecule has 0 aromatic carbocycles. The van der Waals surface area contributed by atoms with E-state index in [0.717, 1.165) is 19.3 Å². The minimum Gasteiger partial charge on any atom is -0.462 e. The summed E-state index contributed by atoms with van der Waals surface area (Å²) in [5.74, 6) is 0.552. The average molecular weight is 342 g/mol.